The highest BCUT2D eigenvalue weighted by atomic mass is 16.5. The topological polar surface area (TPSA) is 60.8 Å². The van der Waals surface area contributed by atoms with E-state index in [9.17, 15) is 9.59 Å². The van der Waals surface area contributed by atoms with Gasteiger partial charge in [-0.3, -0.25) is 9.59 Å². The van der Waals surface area contributed by atoms with Gasteiger partial charge in [0.05, 0.1) is 13.2 Å². The van der Waals surface area contributed by atoms with Gasteiger partial charge in [0.25, 0.3) is 5.91 Å². The van der Waals surface area contributed by atoms with Gasteiger partial charge in [0.15, 0.2) is 17.7 Å². The Balaban J connectivity index is 1.69. The molecule has 0 radical (unpaired) electrons. The van der Waals surface area contributed by atoms with Gasteiger partial charge in [-0.05, 0) is 5.56 Å². The molecule has 4 rings (SSSR count). The predicted molar refractivity (Wildman–Crippen MR) is 82.3 cm³/mol. The van der Waals surface area contributed by atoms with Crippen LogP contribution in [-0.2, 0) is 17.9 Å². The lowest BCUT2D eigenvalue weighted by Gasteiger charge is -2.31. The molecule has 1 unspecified atom stereocenters. The minimum absolute atomic E-state index is 0.117. The summed E-state index contributed by atoms with van der Waals surface area (Å²) in [6.07, 6.45) is 1.38. The molecule has 1 amide bonds. The van der Waals surface area contributed by atoms with Crippen LogP contribution in [0.3, 0.4) is 0 Å². The maximum Gasteiger partial charge on any atom is 0.276 e. The molecule has 0 aliphatic carbocycles. The summed E-state index contributed by atoms with van der Waals surface area (Å²) in [6, 6.07) is 11.0. The lowest BCUT2D eigenvalue weighted by atomic mass is 10.2. The Morgan fingerprint density at radius 2 is 2.00 bits per heavy atom. The molecule has 0 spiro atoms. The molecule has 0 bridgehead atoms. The normalized spacial score (nSPS) is 19.4. The number of carbonyl (C=O) groups is 1. The van der Waals surface area contributed by atoms with Crippen LogP contribution in [0, 0.1) is 0 Å². The Morgan fingerprint density at radius 3 is 2.83 bits per heavy atom. The monoisotopic (exact) mass is 312 g/mol. The minimum Gasteiger partial charge on any atom is -0.483 e. The predicted octanol–water partition coefficient (Wildman–Crippen LogP) is 1.24. The summed E-state index contributed by atoms with van der Waals surface area (Å²) < 4.78 is 13.0. The van der Waals surface area contributed by atoms with Crippen LogP contribution >= 0.6 is 0 Å². The molecule has 1 aromatic carbocycles. The summed E-state index contributed by atoms with van der Waals surface area (Å²) >= 11 is 0. The van der Waals surface area contributed by atoms with Crippen molar-refractivity contribution in [2.75, 3.05) is 13.2 Å². The maximum absolute atomic E-state index is 12.7. The average molecular weight is 312 g/mol. The molecule has 0 N–H and O–H groups in total. The SMILES string of the molecule is O=C1c2c(OCc3ccccc3)c(=O)ccn2CC2OCCN12. The van der Waals surface area contributed by atoms with E-state index in [0.29, 0.717) is 25.4 Å². The number of ether oxygens (including phenoxy) is 2. The van der Waals surface area contributed by atoms with Crippen molar-refractivity contribution >= 4 is 5.91 Å². The Morgan fingerprint density at radius 1 is 1.17 bits per heavy atom. The number of amides is 1. The summed E-state index contributed by atoms with van der Waals surface area (Å²) in [5.41, 5.74) is 0.981. The van der Waals surface area contributed by atoms with Crippen molar-refractivity contribution in [1.29, 1.82) is 0 Å². The number of hydrogen-bond acceptors (Lipinski definition) is 4. The molecule has 1 saturated heterocycles. The summed E-state index contributed by atoms with van der Waals surface area (Å²) in [5, 5.41) is 0. The molecule has 1 atom stereocenters. The second kappa shape index (κ2) is 5.55. The molecule has 3 heterocycles. The Bertz CT molecular complexity index is 800. The van der Waals surface area contributed by atoms with E-state index >= 15 is 0 Å². The summed E-state index contributed by atoms with van der Waals surface area (Å²) in [4.78, 5) is 26.6. The van der Waals surface area contributed by atoms with Crippen molar-refractivity contribution in [2.24, 2.45) is 0 Å². The Labute approximate surface area is 132 Å². The Kier molecular flexibility index (Phi) is 3.38. The highest BCUT2D eigenvalue weighted by Gasteiger charge is 2.38. The molecular formula is C17H16N2O4. The fraction of sp³-hybridized carbons (Fsp3) is 0.294. The molecule has 23 heavy (non-hydrogen) atoms. The van der Waals surface area contributed by atoms with Crippen molar-refractivity contribution in [2.45, 2.75) is 19.4 Å². The number of rotatable bonds is 3. The molecule has 2 aliphatic rings. The highest BCUT2D eigenvalue weighted by molar-refractivity contribution is 5.96. The van der Waals surface area contributed by atoms with Crippen LogP contribution in [0.5, 0.6) is 5.75 Å². The fourth-order valence-electron chi connectivity index (χ4n) is 3.01. The molecule has 2 aliphatic heterocycles. The van der Waals surface area contributed by atoms with E-state index in [-0.39, 0.29) is 29.9 Å². The number of benzene rings is 1. The van der Waals surface area contributed by atoms with Gasteiger partial charge in [0.1, 0.15) is 6.61 Å². The van der Waals surface area contributed by atoms with Gasteiger partial charge < -0.3 is 18.9 Å². The van der Waals surface area contributed by atoms with Gasteiger partial charge in [0.2, 0.25) is 5.43 Å². The first kappa shape index (κ1) is 14.0. The maximum atomic E-state index is 12.7. The third kappa shape index (κ3) is 2.41. The van der Waals surface area contributed by atoms with E-state index in [1.165, 1.54) is 6.07 Å². The van der Waals surface area contributed by atoms with Crippen molar-refractivity contribution in [3.05, 3.63) is 64.1 Å². The van der Waals surface area contributed by atoms with Gasteiger partial charge in [-0.2, -0.15) is 0 Å². The van der Waals surface area contributed by atoms with E-state index in [2.05, 4.69) is 0 Å². The zero-order valence-corrected chi connectivity index (χ0v) is 12.5. The third-order valence-electron chi connectivity index (χ3n) is 4.16. The van der Waals surface area contributed by atoms with Crippen molar-refractivity contribution in [3.8, 4) is 5.75 Å². The van der Waals surface area contributed by atoms with Crippen molar-refractivity contribution in [3.63, 3.8) is 0 Å². The van der Waals surface area contributed by atoms with Crippen molar-refractivity contribution < 1.29 is 14.3 Å². The molecule has 6 heteroatoms. The van der Waals surface area contributed by atoms with Crippen LogP contribution in [-0.4, -0.2) is 34.8 Å². The molecule has 1 aromatic heterocycles. The number of carbonyl (C=O) groups excluding carboxylic acids is 1. The van der Waals surface area contributed by atoms with Crippen LogP contribution in [0.15, 0.2) is 47.4 Å². The van der Waals surface area contributed by atoms with Gasteiger partial charge in [0, 0.05) is 18.8 Å². The first-order valence-corrected chi connectivity index (χ1v) is 7.57. The molecule has 6 nitrogen and oxygen atoms in total. The quantitative estimate of drug-likeness (QED) is 0.855. The largest absolute Gasteiger partial charge is 0.483 e. The Hall–Kier alpha value is -2.60. The zero-order chi connectivity index (χ0) is 15.8. The number of hydrogen-bond donors (Lipinski definition) is 0. The number of nitrogens with zero attached hydrogens (tertiary/aromatic N) is 2. The van der Waals surface area contributed by atoms with Gasteiger partial charge in [-0.25, -0.2) is 0 Å². The summed E-state index contributed by atoms with van der Waals surface area (Å²) in [5.74, 6) is -0.0915. The van der Waals surface area contributed by atoms with E-state index < -0.39 is 0 Å². The standard InChI is InChI=1S/C17H16N2O4/c20-13-6-7-18-10-14-19(8-9-22-14)17(21)15(18)16(13)23-11-12-4-2-1-3-5-12/h1-7,14H,8-11H2. The smallest absolute Gasteiger partial charge is 0.276 e. The van der Waals surface area contributed by atoms with E-state index in [1.54, 1.807) is 15.7 Å². The summed E-state index contributed by atoms with van der Waals surface area (Å²) in [7, 11) is 0. The van der Waals surface area contributed by atoms with Gasteiger partial charge in [-0.1, -0.05) is 30.3 Å². The van der Waals surface area contributed by atoms with Gasteiger partial charge in [-0.15, -0.1) is 0 Å². The molecule has 0 saturated carbocycles. The van der Waals surface area contributed by atoms with E-state index in [0.717, 1.165) is 5.56 Å². The number of fused-ring (bicyclic) bond motifs is 2. The fourth-order valence-corrected chi connectivity index (χ4v) is 3.01. The highest BCUT2D eigenvalue weighted by Crippen LogP contribution is 2.26. The minimum atomic E-state index is -0.279. The van der Waals surface area contributed by atoms with Crippen LogP contribution in [0.25, 0.3) is 0 Å². The molecule has 2 aromatic rings. The van der Waals surface area contributed by atoms with Crippen LogP contribution < -0.4 is 10.2 Å². The lowest BCUT2D eigenvalue weighted by molar-refractivity contribution is 0.00833. The number of pyridine rings is 1. The lowest BCUT2D eigenvalue weighted by Crippen LogP contribution is -2.46. The first-order chi connectivity index (χ1) is 11.2. The second-order valence-electron chi connectivity index (χ2n) is 5.61. The zero-order valence-electron chi connectivity index (χ0n) is 12.5. The van der Waals surface area contributed by atoms with Crippen LogP contribution in [0.4, 0.5) is 0 Å². The average Bonchev–Trinajstić information content (AvgIpc) is 3.04. The molecule has 118 valence electrons. The molecule has 1 fully saturated rings. The van der Waals surface area contributed by atoms with Crippen LogP contribution in [0.2, 0.25) is 0 Å². The molecular weight excluding hydrogens is 296 g/mol. The van der Waals surface area contributed by atoms with E-state index in [1.807, 2.05) is 30.3 Å². The second-order valence-corrected chi connectivity index (χ2v) is 5.61. The third-order valence-corrected chi connectivity index (χ3v) is 4.16. The van der Waals surface area contributed by atoms with Gasteiger partial charge >= 0.3 is 0 Å². The van der Waals surface area contributed by atoms with Crippen molar-refractivity contribution in [1.82, 2.24) is 9.47 Å². The summed E-state index contributed by atoms with van der Waals surface area (Å²) in [6.45, 7) is 1.84. The first-order valence-electron chi connectivity index (χ1n) is 7.57. The van der Waals surface area contributed by atoms with E-state index in [4.69, 9.17) is 9.47 Å². The van der Waals surface area contributed by atoms with Crippen LogP contribution in [0.1, 0.15) is 16.1 Å². The number of aromatic nitrogens is 1.